The summed E-state index contributed by atoms with van der Waals surface area (Å²) in [6, 6.07) is 6.10. The zero-order valence-electron chi connectivity index (χ0n) is 20.8. The Hall–Kier alpha value is -3.08. The summed E-state index contributed by atoms with van der Waals surface area (Å²) in [4.78, 5) is 37.7. The van der Waals surface area contributed by atoms with Gasteiger partial charge in [-0.1, -0.05) is 6.42 Å². The Morgan fingerprint density at radius 2 is 1.60 bits per heavy atom. The molecule has 2 aliphatic rings. The number of rotatable bonds is 6. The molecule has 0 aliphatic carbocycles. The van der Waals surface area contributed by atoms with Crippen LogP contribution in [0.2, 0.25) is 0 Å². The van der Waals surface area contributed by atoms with Gasteiger partial charge in [0.15, 0.2) is 11.6 Å². The molecule has 4 rings (SSSR count). The van der Waals surface area contributed by atoms with E-state index in [0.29, 0.717) is 10.1 Å². The molecular weight excluding hydrogens is 661 g/mol. The number of carbonyl (C=O) groups is 3. The summed E-state index contributed by atoms with van der Waals surface area (Å²) in [5.74, 6) is -6.42. The van der Waals surface area contributed by atoms with E-state index in [1.165, 1.54) is 29.5 Å². The standard InChI is InChI=1S/C23H24F3IN4O2.C2HF3O2/c24-17-6-5-16(22(21(17)26)29-19-7-4-14(27)10-18(19)25)23(33)31-11-15(12-31)28-20(32)13-30-8-2-1-3-9-30;3-2(4,5)1(6)7/h4-7,10,15,29H,1-3,8-9,11-13H2,(H,28,32);(H,6,7). The van der Waals surface area contributed by atoms with Crippen LogP contribution in [0.3, 0.4) is 0 Å². The fourth-order valence-electron chi connectivity index (χ4n) is 4.08. The van der Waals surface area contributed by atoms with Gasteiger partial charge in [-0.3, -0.25) is 14.5 Å². The lowest BCUT2D eigenvalue weighted by Gasteiger charge is -2.40. The number of benzene rings is 2. The number of aliphatic carboxylic acids is 1. The van der Waals surface area contributed by atoms with Gasteiger partial charge in [0.25, 0.3) is 5.91 Å². The highest BCUT2D eigenvalue weighted by Crippen LogP contribution is 2.30. The van der Waals surface area contributed by atoms with E-state index in [1.54, 1.807) is 6.07 Å². The first-order valence-electron chi connectivity index (χ1n) is 12.1. The highest BCUT2D eigenvalue weighted by molar-refractivity contribution is 14.1. The van der Waals surface area contributed by atoms with Crippen LogP contribution in [0.1, 0.15) is 29.6 Å². The number of alkyl halides is 3. The zero-order chi connectivity index (χ0) is 29.6. The maximum atomic E-state index is 14.6. The Labute approximate surface area is 238 Å². The first-order valence-corrected chi connectivity index (χ1v) is 13.1. The molecule has 0 unspecified atom stereocenters. The van der Waals surface area contributed by atoms with Crippen LogP contribution in [0, 0.1) is 21.0 Å². The lowest BCUT2D eigenvalue weighted by molar-refractivity contribution is -0.192. The summed E-state index contributed by atoms with van der Waals surface area (Å²) in [6.45, 7) is 2.69. The smallest absolute Gasteiger partial charge is 0.475 e. The lowest BCUT2D eigenvalue weighted by atomic mass is 10.0. The van der Waals surface area contributed by atoms with Crippen molar-refractivity contribution in [3.8, 4) is 0 Å². The van der Waals surface area contributed by atoms with Gasteiger partial charge in [-0.05, 0) is 78.9 Å². The number of hydrogen-bond donors (Lipinski definition) is 3. The average molecular weight is 686 g/mol. The predicted molar refractivity (Wildman–Crippen MR) is 141 cm³/mol. The highest BCUT2D eigenvalue weighted by atomic mass is 127. The second-order valence-corrected chi connectivity index (χ2v) is 10.4. The SMILES string of the molecule is O=C(CN1CCCCC1)NC1CN(C(=O)c2ccc(F)c(F)c2Nc2ccc(I)cc2F)C1.O=C(O)C(F)(F)F. The maximum Gasteiger partial charge on any atom is 0.490 e. The van der Waals surface area contributed by atoms with Crippen molar-refractivity contribution in [2.75, 3.05) is 38.0 Å². The minimum atomic E-state index is -5.08. The molecular formula is C25H25F6IN4O4. The molecule has 3 N–H and O–H groups in total. The quantitative estimate of drug-likeness (QED) is 0.306. The van der Waals surface area contributed by atoms with Crippen molar-refractivity contribution in [1.82, 2.24) is 15.1 Å². The Morgan fingerprint density at radius 3 is 2.17 bits per heavy atom. The van der Waals surface area contributed by atoms with E-state index in [9.17, 15) is 35.9 Å². The molecule has 2 aromatic carbocycles. The Bertz CT molecular complexity index is 1250. The third-order valence-electron chi connectivity index (χ3n) is 6.11. The van der Waals surface area contributed by atoms with Crippen molar-refractivity contribution in [1.29, 1.82) is 0 Å². The van der Waals surface area contributed by atoms with Crippen LogP contribution in [0.5, 0.6) is 0 Å². The largest absolute Gasteiger partial charge is 0.490 e. The van der Waals surface area contributed by atoms with Gasteiger partial charge in [-0.15, -0.1) is 0 Å². The van der Waals surface area contributed by atoms with Crippen LogP contribution in [0.15, 0.2) is 30.3 Å². The summed E-state index contributed by atoms with van der Waals surface area (Å²) < 4.78 is 75.1. The predicted octanol–water partition coefficient (Wildman–Crippen LogP) is 4.51. The van der Waals surface area contributed by atoms with Crippen LogP contribution in [-0.2, 0) is 9.59 Å². The molecule has 2 fully saturated rings. The van der Waals surface area contributed by atoms with Gasteiger partial charge in [0.1, 0.15) is 5.82 Å². The Balaban J connectivity index is 0.000000559. The third kappa shape index (κ3) is 8.46. The van der Waals surface area contributed by atoms with E-state index in [-0.39, 0.29) is 36.3 Å². The molecule has 218 valence electrons. The number of likely N-dealkylation sites (tertiary alicyclic amines) is 2. The number of halogens is 7. The first-order chi connectivity index (χ1) is 18.8. The van der Waals surface area contributed by atoms with Gasteiger partial charge in [0.2, 0.25) is 5.91 Å². The molecule has 2 aromatic rings. The van der Waals surface area contributed by atoms with E-state index in [1.807, 2.05) is 22.6 Å². The van der Waals surface area contributed by atoms with E-state index < -0.39 is 41.2 Å². The number of carboxylic acid groups (broad SMARTS) is 1. The van der Waals surface area contributed by atoms with Crippen molar-refractivity contribution in [2.45, 2.75) is 31.5 Å². The van der Waals surface area contributed by atoms with Crippen LogP contribution in [-0.4, -0.2) is 77.6 Å². The number of hydrogen-bond acceptors (Lipinski definition) is 5. The third-order valence-corrected chi connectivity index (χ3v) is 6.78. The van der Waals surface area contributed by atoms with Crippen molar-refractivity contribution in [3.63, 3.8) is 0 Å². The number of nitrogens with zero attached hydrogens (tertiary/aromatic N) is 2. The molecule has 0 spiro atoms. The zero-order valence-corrected chi connectivity index (χ0v) is 23.0. The number of anilines is 2. The molecule has 0 saturated carbocycles. The fourth-order valence-corrected chi connectivity index (χ4v) is 4.53. The summed E-state index contributed by atoms with van der Waals surface area (Å²) >= 11 is 1.93. The Morgan fingerprint density at radius 1 is 0.975 bits per heavy atom. The molecule has 2 amide bonds. The number of nitrogens with one attached hydrogen (secondary N) is 2. The molecule has 15 heteroatoms. The molecule has 0 radical (unpaired) electrons. The number of piperidine rings is 1. The molecule has 0 bridgehead atoms. The van der Waals surface area contributed by atoms with Crippen molar-refractivity contribution in [2.24, 2.45) is 0 Å². The molecule has 40 heavy (non-hydrogen) atoms. The van der Waals surface area contributed by atoms with E-state index in [0.717, 1.165) is 32.0 Å². The minimum absolute atomic E-state index is 0.0690. The number of carboxylic acids is 1. The number of amides is 2. The van der Waals surface area contributed by atoms with Crippen LogP contribution >= 0.6 is 22.6 Å². The summed E-state index contributed by atoms with van der Waals surface area (Å²) in [5.41, 5.74) is -0.594. The maximum absolute atomic E-state index is 14.6. The molecule has 0 atom stereocenters. The molecule has 2 heterocycles. The Kier molecular flexibility index (Phi) is 10.6. The molecule has 2 saturated heterocycles. The first kappa shape index (κ1) is 31.4. The molecule has 2 aliphatic heterocycles. The van der Waals surface area contributed by atoms with Crippen molar-refractivity contribution < 1.29 is 45.8 Å². The average Bonchev–Trinajstić information content (AvgIpc) is 2.85. The van der Waals surface area contributed by atoms with Gasteiger partial charge >= 0.3 is 12.1 Å². The van der Waals surface area contributed by atoms with Crippen LogP contribution in [0.25, 0.3) is 0 Å². The van der Waals surface area contributed by atoms with Crippen LogP contribution in [0.4, 0.5) is 37.7 Å². The minimum Gasteiger partial charge on any atom is -0.475 e. The normalized spacial score (nSPS) is 15.9. The number of carbonyl (C=O) groups excluding carboxylic acids is 2. The van der Waals surface area contributed by atoms with Gasteiger partial charge in [-0.2, -0.15) is 13.2 Å². The van der Waals surface area contributed by atoms with Crippen molar-refractivity contribution in [3.05, 3.63) is 56.9 Å². The topological polar surface area (TPSA) is 102 Å². The fraction of sp³-hybridized carbons (Fsp3) is 0.400. The summed E-state index contributed by atoms with van der Waals surface area (Å²) in [6.07, 6.45) is -1.71. The van der Waals surface area contributed by atoms with Gasteiger partial charge in [0.05, 0.1) is 29.5 Å². The monoisotopic (exact) mass is 686 g/mol. The van der Waals surface area contributed by atoms with Gasteiger partial charge in [0, 0.05) is 16.7 Å². The van der Waals surface area contributed by atoms with E-state index in [4.69, 9.17) is 9.90 Å². The summed E-state index contributed by atoms with van der Waals surface area (Å²) in [7, 11) is 0. The second kappa shape index (κ2) is 13.5. The summed E-state index contributed by atoms with van der Waals surface area (Å²) in [5, 5.41) is 12.6. The van der Waals surface area contributed by atoms with E-state index >= 15 is 0 Å². The second-order valence-electron chi connectivity index (χ2n) is 9.15. The van der Waals surface area contributed by atoms with Crippen LogP contribution < -0.4 is 10.6 Å². The van der Waals surface area contributed by atoms with Gasteiger partial charge < -0.3 is 20.6 Å². The molecule has 0 aromatic heterocycles. The van der Waals surface area contributed by atoms with Crippen molar-refractivity contribution >= 4 is 51.7 Å². The van der Waals surface area contributed by atoms with E-state index in [2.05, 4.69) is 15.5 Å². The molecule has 8 nitrogen and oxygen atoms in total. The van der Waals surface area contributed by atoms with Gasteiger partial charge in [-0.25, -0.2) is 18.0 Å². The lowest BCUT2D eigenvalue weighted by Crippen LogP contribution is -2.62. The highest BCUT2D eigenvalue weighted by Gasteiger charge is 2.38.